The first-order valence-electron chi connectivity index (χ1n) is 12.7. The number of anilines is 3. The highest BCUT2D eigenvalue weighted by Crippen LogP contribution is 2.43. The largest absolute Gasteiger partial charge is 0.444 e. The maximum absolute atomic E-state index is 13.2. The predicted molar refractivity (Wildman–Crippen MR) is 140 cm³/mol. The number of fused-ring (bicyclic) bond motifs is 3. The van der Waals surface area contributed by atoms with E-state index in [0.29, 0.717) is 42.7 Å². The number of nitrogens with zero attached hydrogens (tertiary/aromatic N) is 3. The van der Waals surface area contributed by atoms with Crippen LogP contribution in [-0.4, -0.2) is 72.1 Å². The number of hydrogen-bond acceptors (Lipinski definition) is 8. The molecule has 1 amide bonds. The van der Waals surface area contributed by atoms with Crippen molar-refractivity contribution in [2.24, 2.45) is 17.6 Å². The third kappa shape index (κ3) is 6.23. The Hall–Kier alpha value is -3.09. The van der Waals surface area contributed by atoms with Gasteiger partial charge in [0.2, 0.25) is 5.95 Å². The maximum atomic E-state index is 13.2. The number of primary amides is 1. The summed E-state index contributed by atoms with van der Waals surface area (Å²) in [5, 5.41) is 6.83. The molecule has 1 fully saturated rings. The van der Waals surface area contributed by atoms with Crippen molar-refractivity contribution in [3.05, 3.63) is 52.7 Å². The van der Waals surface area contributed by atoms with Gasteiger partial charge < -0.3 is 25.8 Å². The van der Waals surface area contributed by atoms with E-state index in [1.165, 1.54) is 6.20 Å². The molecule has 9 nitrogen and oxygen atoms in total. The van der Waals surface area contributed by atoms with Crippen LogP contribution in [0.1, 0.15) is 17.5 Å². The van der Waals surface area contributed by atoms with E-state index in [0.717, 1.165) is 30.3 Å². The molecule has 1 aromatic heterocycles. The van der Waals surface area contributed by atoms with Crippen LogP contribution in [0.2, 0.25) is 5.02 Å². The monoisotopic (exact) mass is 566 g/mol. The average molecular weight is 567 g/mol. The lowest BCUT2D eigenvalue weighted by molar-refractivity contribution is -0.216. The molecular formula is C26H30ClF3N6O3. The second-order valence-electron chi connectivity index (χ2n) is 10.1. The van der Waals surface area contributed by atoms with Crippen LogP contribution in [0.3, 0.4) is 0 Å². The van der Waals surface area contributed by atoms with E-state index in [1.54, 1.807) is 4.90 Å². The van der Waals surface area contributed by atoms with Crippen LogP contribution < -0.4 is 16.4 Å². The Kier molecular flexibility index (Phi) is 7.88. The summed E-state index contributed by atoms with van der Waals surface area (Å²) < 4.78 is 49.5. The number of benzene rings is 1. The summed E-state index contributed by atoms with van der Waals surface area (Å²) in [7, 11) is 1.09. The zero-order valence-corrected chi connectivity index (χ0v) is 22.0. The lowest BCUT2D eigenvalue weighted by Crippen LogP contribution is -2.43. The predicted octanol–water partition coefficient (Wildman–Crippen LogP) is 4.30. The Morgan fingerprint density at radius 2 is 1.97 bits per heavy atom. The Balaban J connectivity index is 1.26. The Morgan fingerprint density at radius 1 is 1.23 bits per heavy atom. The molecule has 2 aliphatic carbocycles. The number of hydrogen-bond donors (Lipinski definition) is 3. The molecule has 0 radical (unpaired) electrons. The number of ether oxygens (including phenoxy) is 2. The molecule has 13 heteroatoms. The SMILES string of the molecule is CO[C@@H](CN1CCc2ccc(Nc3ncc(Cl)c(NC4C5C=CC(C5)C4OC(N)=O)n3)cc2CC1)C(F)(F)F. The van der Waals surface area contributed by atoms with Crippen molar-refractivity contribution < 1.29 is 27.4 Å². The Bertz CT molecular complexity index is 1250. The third-order valence-electron chi connectivity index (χ3n) is 7.62. The van der Waals surface area contributed by atoms with Crippen LogP contribution in [0, 0.1) is 11.8 Å². The van der Waals surface area contributed by atoms with Gasteiger partial charge in [0.15, 0.2) is 11.9 Å². The van der Waals surface area contributed by atoms with Gasteiger partial charge in [-0.1, -0.05) is 29.8 Å². The fraction of sp³-hybridized carbons (Fsp3) is 0.500. The second kappa shape index (κ2) is 11.2. The zero-order chi connectivity index (χ0) is 27.7. The van der Waals surface area contributed by atoms with Crippen molar-refractivity contribution in [2.45, 2.75) is 43.7 Å². The molecule has 5 atom stereocenters. The molecule has 5 rings (SSSR count). The summed E-state index contributed by atoms with van der Waals surface area (Å²) in [6.07, 6.45) is 0.248. The minimum absolute atomic E-state index is 0.0857. The third-order valence-corrected chi connectivity index (χ3v) is 7.89. The summed E-state index contributed by atoms with van der Waals surface area (Å²) in [4.78, 5) is 22.1. The van der Waals surface area contributed by atoms with Crippen LogP contribution in [-0.2, 0) is 22.3 Å². The lowest BCUT2D eigenvalue weighted by Gasteiger charge is -2.28. The minimum Gasteiger partial charge on any atom is -0.444 e. The normalized spacial score (nSPS) is 25.2. The number of aromatic nitrogens is 2. The molecule has 4 N–H and O–H groups in total. The molecule has 210 valence electrons. The van der Waals surface area contributed by atoms with Crippen LogP contribution in [0.4, 0.5) is 35.4 Å². The molecule has 1 aromatic carbocycles. The fourth-order valence-electron chi connectivity index (χ4n) is 5.65. The number of carbonyl (C=O) groups excluding carboxylic acids is 1. The van der Waals surface area contributed by atoms with E-state index < -0.39 is 24.5 Å². The molecule has 2 bridgehead atoms. The molecule has 1 saturated carbocycles. The van der Waals surface area contributed by atoms with Crippen LogP contribution in [0.15, 0.2) is 36.5 Å². The summed E-state index contributed by atoms with van der Waals surface area (Å²) in [6, 6.07) is 5.61. The van der Waals surface area contributed by atoms with Gasteiger partial charge in [-0.15, -0.1) is 0 Å². The summed E-state index contributed by atoms with van der Waals surface area (Å²) in [6.45, 7) is 0.811. The maximum Gasteiger partial charge on any atom is 0.415 e. The molecular weight excluding hydrogens is 537 g/mol. The van der Waals surface area contributed by atoms with Crippen LogP contribution >= 0.6 is 11.6 Å². The van der Waals surface area contributed by atoms with Crippen molar-refractivity contribution >= 4 is 35.1 Å². The van der Waals surface area contributed by atoms with Gasteiger partial charge in [0.1, 0.15) is 11.1 Å². The molecule has 39 heavy (non-hydrogen) atoms. The molecule has 0 spiro atoms. The van der Waals surface area contributed by atoms with E-state index >= 15 is 0 Å². The Morgan fingerprint density at radius 3 is 2.69 bits per heavy atom. The van der Waals surface area contributed by atoms with Gasteiger partial charge in [-0.05, 0) is 42.5 Å². The van der Waals surface area contributed by atoms with Crippen molar-refractivity contribution in [3.63, 3.8) is 0 Å². The van der Waals surface area contributed by atoms with Crippen molar-refractivity contribution in [1.82, 2.24) is 14.9 Å². The topological polar surface area (TPSA) is 115 Å². The van der Waals surface area contributed by atoms with Gasteiger partial charge in [0.05, 0.1) is 12.2 Å². The van der Waals surface area contributed by atoms with Crippen LogP contribution in [0.5, 0.6) is 0 Å². The smallest absolute Gasteiger partial charge is 0.415 e. The number of halogens is 4. The second-order valence-corrected chi connectivity index (χ2v) is 10.5. The van der Waals surface area contributed by atoms with Gasteiger partial charge >= 0.3 is 12.3 Å². The van der Waals surface area contributed by atoms with Crippen molar-refractivity contribution in [3.8, 4) is 0 Å². The number of rotatable bonds is 8. The quantitative estimate of drug-likeness (QED) is 0.405. The number of amides is 1. The number of nitrogens with two attached hydrogens (primary N) is 1. The zero-order valence-electron chi connectivity index (χ0n) is 21.2. The number of methoxy groups -OCH3 is 1. The molecule has 1 aliphatic heterocycles. The van der Waals surface area contributed by atoms with Crippen molar-refractivity contribution in [2.75, 3.05) is 37.4 Å². The molecule has 3 aliphatic rings. The number of nitrogens with one attached hydrogen (secondary N) is 2. The first-order valence-corrected chi connectivity index (χ1v) is 13.1. The van der Waals surface area contributed by atoms with E-state index in [1.807, 2.05) is 24.3 Å². The molecule has 4 unspecified atom stereocenters. The van der Waals surface area contributed by atoms with E-state index in [-0.39, 0.29) is 24.4 Å². The highest BCUT2D eigenvalue weighted by atomic mass is 35.5. The fourth-order valence-corrected chi connectivity index (χ4v) is 5.80. The standard InChI is InChI=1S/C26H30ClF3N6O3/c1-38-20(26(28,29)30)13-36-8-6-14-4-5-18(11-15(14)7-9-36)33-25-32-12-19(27)23(35-25)34-21-16-2-3-17(10-16)22(21)39-24(31)37/h2-5,11-12,16-17,20-22H,6-10,13H2,1H3,(H2,31,37)(H2,32,33,34,35)/t16?,17?,20-,21?,22?/m0/s1. The van der Waals surface area contributed by atoms with Gasteiger partial charge in [-0.3, -0.25) is 4.90 Å². The van der Waals surface area contributed by atoms with Gasteiger partial charge in [0, 0.05) is 44.3 Å². The van der Waals surface area contributed by atoms with Crippen molar-refractivity contribution in [1.29, 1.82) is 0 Å². The summed E-state index contributed by atoms with van der Waals surface area (Å²) in [5.41, 5.74) is 8.17. The van der Waals surface area contributed by atoms with Gasteiger partial charge in [-0.25, -0.2) is 9.78 Å². The Labute approximate surface area is 228 Å². The molecule has 2 heterocycles. The van der Waals surface area contributed by atoms with E-state index in [2.05, 4.69) is 31.4 Å². The average Bonchev–Trinajstić information content (AvgIpc) is 3.41. The summed E-state index contributed by atoms with van der Waals surface area (Å²) >= 11 is 6.38. The highest BCUT2D eigenvalue weighted by molar-refractivity contribution is 6.32. The first-order chi connectivity index (χ1) is 18.6. The first kappa shape index (κ1) is 27.5. The minimum atomic E-state index is -4.40. The highest BCUT2D eigenvalue weighted by Gasteiger charge is 2.47. The van der Waals surface area contributed by atoms with Crippen LogP contribution in [0.25, 0.3) is 0 Å². The number of carbonyl (C=O) groups is 1. The van der Waals surface area contributed by atoms with E-state index in [4.69, 9.17) is 22.1 Å². The van der Waals surface area contributed by atoms with Gasteiger partial charge in [-0.2, -0.15) is 18.2 Å². The molecule has 2 aromatic rings. The number of alkyl halides is 3. The van der Waals surface area contributed by atoms with E-state index in [9.17, 15) is 18.0 Å². The van der Waals surface area contributed by atoms with Gasteiger partial charge in [0.25, 0.3) is 0 Å². The lowest BCUT2D eigenvalue weighted by atomic mass is 9.98. The molecule has 0 saturated heterocycles. The summed E-state index contributed by atoms with van der Waals surface area (Å²) in [5.74, 6) is 0.959.